The lowest BCUT2D eigenvalue weighted by Crippen LogP contribution is -2.40. The van der Waals surface area contributed by atoms with Gasteiger partial charge >= 0.3 is 0 Å². The fraction of sp³-hybridized carbons (Fsp3) is 0.438. The second kappa shape index (κ2) is 5.50. The van der Waals surface area contributed by atoms with E-state index in [2.05, 4.69) is 9.97 Å². The monoisotopic (exact) mass is 378 g/mol. The number of thiazole rings is 1. The Balaban J connectivity index is 1.67. The third-order valence-corrected chi connectivity index (χ3v) is 6.78. The van der Waals surface area contributed by atoms with Gasteiger partial charge in [0.2, 0.25) is 10.0 Å². The second-order valence-corrected chi connectivity index (χ2v) is 9.62. The molecule has 2 aliphatic rings. The first-order chi connectivity index (χ1) is 11.8. The van der Waals surface area contributed by atoms with Crippen LogP contribution in [-0.4, -0.2) is 55.1 Å². The van der Waals surface area contributed by atoms with Crippen LogP contribution in [0.1, 0.15) is 27.6 Å². The quantitative estimate of drug-likeness (QED) is 0.789. The number of anilines is 1. The molecule has 0 saturated carbocycles. The summed E-state index contributed by atoms with van der Waals surface area (Å²) in [5.74, 6) is -0.100. The molecule has 2 aliphatic heterocycles. The average Bonchev–Trinajstić information content (AvgIpc) is 3.26. The number of hydrogen-bond donors (Lipinski definition) is 0. The van der Waals surface area contributed by atoms with Crippen molar-refractivity contribution < 1.29 is 13.2 Å². The average molecular weight is 378 g/mol. The predicted molar refractivity (Wildman–Crippen MR) is 95.5 cm³/mol. The van der Waals surface area contributed by atoms with Gasteiger partial charge in [0, 0.05) is 31.2 Å². The van der Waals surface area contributed by atoms with Crippen molar-refractivity contribution in [2.45, 2.75) is 18.8 Å². The zero-order chi connectivity index (χ0) is 17.8. The minimum Gasteiger partial charge on any atom is -0.336 e. The van der Waals surface area contributed by atoms with Crippen LogP contribution in [0, 0.1) is 6.92 Å². The highest BCUT2D eigenvalue weighted by Crippen LogP contribution is 2.46. The Morgan fingerprint density at radius 2 is 2.16 bits per heavy atom. The van der Waals surface area contributed by atoms with E-state index in [0.717, 1.165) is 10.7 Å². The molecule has 1 unspecified atom stereocenters. The third kappa shape index (κ3) is 2.62. The summed E-state index contributed by atoms with van der Waals surface area (Å²) in [4.78, 5) is 23.2. The zero-order valence-electron chi connectivity index (χ0n) is 14.0. The van der Waals surface area contributed by atoms with Gasteiger partial charge in [-0.2, -0.15) is 0 Å². The number of hydrogen-bond acceptors (Lipinski definition) is 6. The Labute approximate surface area is 150 Å². The van der Waals surface area contributed by atoms with E-state index in [-0.39, 0.29) is 5.91 Å². The maximum Gasteiger partial charge on any atom is 0.273 e. The number of sulfonamides is 1. The van der Waals surface area contributed by atoms with E-state index in [1.807, 2.05) is 6.92 Å². The number of pyridine rings is 1. The number of fused-ring (bicyclic) bond motifs is 2. The number of aromatic nitrogens is 2. The van der Waals surface area contributed by atoms with Crippen LogP contribution >= 0.6 is 11.3 Å². The number of carbonyl (C=O) groups excluding carboxylic acids is 1. The number of aryl methyl sites for hydroxylation is 1. The van der Waals surface area contributed by atoms with Crippen LogP contribution in [0.2, 0.25) is 0 Å². The molecule has 4 rings (SSSR count). The smallest absolute Gasteiger partial charge is 0.273 e. The van der Waals surface area contributed by atoms with Crippen LogP contribution < -0.4 is 4.31 Å². The lowest BCUT2D eigenvalue weighted by Gasteiger charge is -2.24. The molecule has 1 atom stereocenters. The van der Waals surface area contributed by atoms with E-state index < -0.39 is 15.4 Å². The molecule has 0 N–H and O–H groups in total. The summed E-state index contributed by atoms with van der Waals surface area (Å²) >= 11 is 1.45. The van der Waals surface area contributed by atoms with Crippen molar-refractivity contribution in [3.8, 4) is 0 Å². The zero-order valence-corrected chi connectivity index (χ0v) is 15.6. The van der Waals surface area contributed by atoms with Crippen molar-refractivity contribution in [2.75, 3.05) is 30.2 Å². The van der Waals surface area contributed by atoms with Gasteiger partial charge in [-0.25, -0.2) is 13.4 Å². The Morgan fingerprint density at radius 1 is 1.36 bits per heavy atom. The SMILES string of the molecule is Cc1nc(C(=O)N2CCC3(C2)CN(S(C)(=O)=O)c2cccnc23)cs1. The molecular formula is C16H18N4O3S2. The van der Waals surface area contributed by atoms with E-state index in [1.54, 1.807) is 28.6 Å². The number of rotatable bonds is 2. The molecule has 2 aromatic heterocycles. The Hall–Kier alpha value is -2.00. The highest BCUT2D eigenvalue weighted by atomic mass is 32.2. The van der Waals surface area contributed by atoms with Crippen molar-refractivity contribution in [1.82, 2.24) is 14.9 Å². The Morgan fingerprint density at radius 3 is 2.84 bits per heavy atom. The lowest BCUT2D eigenvalue weighted by atomic mass is 9.85. The van der Waals surface area contributed by atoms with Gasteiger partial charge in [0.1, 0.15) is 5.69 Å². The molecule has 2 aromatic rings. The molecule has 1 spiro atoms. The summed E-state index contributed by atoms with van der Waals surface area (Å²) in [5.41, 5.74) is 1.41. The highest BCUT2D eigenvalue weighted by molar-refractivity contribution is 7.92. The van der Waals surface area contributed by atoms with Crippen LogP contribution in [-0.2, 0) is 15.4 Å². The molecule has 9 heteroatoms. The molecule has 1 saturated heterocycles. The van der Waals surface area contributed by atoms with Gasteiger partial charge in [0.25, 0.3) is 5.91 Å². The summed E-state index contributed by atoms with van der Waals surface area (Å²) in [7, 11) is -3.39. The van der Waals surface area contributed by atoms with Crippen LogP contribution in [0.15, 0.2) is 23.7 Å². The molecular weight excluding hydrogens is 360 g/mol. The molecule has 0 aromatic carbocycles. The van der Waals surface area contributed by atoms with Gasteiger partial charge in [0.05, 0.1) is 28.1 Å². The third-order valence-electron chi connectivity index (χ3n) is 4.88. The Bertz CT molecular complexity index is 956. The second-order valence-electron chi connectivity index (χ2n) is 6.65. The van der Waals surface area contributed by atoms with Crippen LogP contribution in [0.4, 0.5) is 5.69 Å². The largest absolute Gasteiger partial charge is 0.336 e. The van der Waals surface area contributed by atoms with Crippen molar-refractivity contribution in [3.63, 3.8) is 0 Å². The highest BCUT2D eigenvalue weighted by Gasteiger charge is 2.51. The summed E-state index contributed by atoms with van der Waals surface area (Å²) in [5, 5.41) is 2.63. The normalized spacial score (nSPS) is 22.6. The van der Waals surface area contributed by atoms with Crippen molar-refractivity contribution >= 4 is 33.0 Å². The maximum absolute atomic E-state index is 12.7. The lowest BCUT2D eigenvalue weighted by molar-refractivity contribution is 0.0779. The van der Waals surface area contributed by atoms with Gasteiger partial charge < -0.3 is 4.90 Å². The van der Waals surface area contributed by atoms with Crippen molar-refractivity contribution in [3.05, 3.63) is 40.1 Å². The first kappa shape index (κ1) is 16.5. The Kier molecular flexibility index (Phi) is 3.62. The minimum atomic E-state index is -3.39. The topological polar surface area (TPSA) is 83.5 Å². The van der Waals surface area contributed by atoms with Gasteiger partial charge in [-0.05, 0) is 25.5 Å². The maximum atomic E-state index is 12.7. The number of nitrogens with zero attached hydrogens (tertiary/aromatic N) is 4. The summed E-state index contributed by atoms with van der Waals surface area (Å²) < 4.78 is 25.8. The van der Waals surface area contributed by atoms with Crippen LogP contribution in [0.5, 0.6) is 0 Å². The molecule has 132 valence electrons. The predicted octanol–water partition coefficient (Wildman–Crippen LogP) is 1.41. The first-order valence-electron chi connectivity index (χ1n) is 7.95. The van der Waals surface area contributed by atoms with Gasteiger partial charge in [-0.1, -0.05) is 0 Å². The van der Waals surface area contributed by atoms with E-state index in [9.17, 15) is 13.2 Å². The molecule has 0 bridgehead atoms. The minimum absolute atomic E-state index is 0.100. The number of carbonyl (C=O) groups is 1. The molecule has 1 amide bonds. The van der Waals surface area contributed by atoms with Crippen molar-refractivity contribution in [1.29, 1.82) is 0 Å². The fourth-order valence-corrected chi connectivity index (χ4v) is 5.30. The fourth-order valence-electron chi connectivity index (χ4n) is 3.73. The van der Waals surface area contributed by atoms with Gasteiger partial charge in [-0.3, -0.25) is 14.1 Å². The molecule has 25 heavy (non-hydrogen) atoms. The number of amides is 1. The van der Waals surface area contributed by atoms with E-state index in [0.29, 0.717) is 37.4 Å². The van der Waals surface area contributed by atoms with E-state index >= 15 is 0 Å². The van der Waals surface area contributed by atoms with E-state index in [1.165, 1.54) is 21.9 Å². The summed E-state index contributed by atoms with van der Waals surface area (Å²) in [6.45, 7) is 3.23. The van der Waals surface area contributed by atoms with Gasteiger partial charge in [-0.15, -0.1) is 11.3 Å². The number of likely N-dealkylation sites (tertiary alicyclic amines) is 1. The van der Waals surface area contributed by atoms with Crippen LogP contribution in [0.3, 0.4) is 0 Å². The van der Waals surface area contributed by atoms with Gasteiger partial charge in [0.15, 0.2) is 0 Å². The summed E-state index contributed by atoms with van der Waals surface area (Å²) in [6, 6.07) is 3.53. The first-order valence-corrected chi connectivity index (χ1v) is 10.7. The van der Waals surface area contributed by atoms with Crippen LogP contribution in [0.25, 0.3) is 0 Å². The molecule has 4 heterocycles. The standard InChI is InChI=1S/C16H18N4O3S2/c1-11-18-12(8-24-11)15(21)19-7-5-16(9-19)10-20(25(2,22)23)13-4-3-6-17-14(13)16/h3-4,6,8H,5,7,9-10H2,1-2H3. The molecule has 0 radical (unpaired) electrons. The molecule has 1 fully saturated rings. The summed E-state index contributed by atoms with van der Waals surface area (Å²) in [6.07, 6.45) is 3.58. The van der Waals surface area contributed by atoms with E-state index in [4.69, 9.17) is 0 Å². The van der Waals surface area contributed by atoms with Crippen molar-refractivity contribution in [2.24, 2.45) is 0 Å². The molecule has 7 nitrogen and oxygen atoms in total. The molecule has 0 aliphatic carbocycles.